The lowest BCUT2D eigenvalue weighted by Crippen LogP contribution is -2.81. The van der Waals surface area contributed by atoms with E-state index in [-0.39, 0.29) is 25.0 Å². The minimum Gasteiger partial charge on any atom is -0.457 e. The van der Waals surface area contributed by atoms with E-state index in [1.54, 1.807) is 27.7 Å². The number of carbonyl (C=O) groups is 1. The number of nitrogens with zero attached hydrogens (tertiary/aromatic N) is 3. The molecule has 6 rings (SSSR count). The van der Waals surface area contributed by atoms with Crippen LogP contribution in [0.1, 0.15) is 48.5 Å². The summed E-state index contributed by atoms with van der Waals surface area (Å²) in [6, 6.07) is 20.4. The lowest BCUT2D eigenvalue weighted by Gasteiger charge is -2.60. The summed E-state index contributed by atoms with van der Waals surface area (Å²) in [6.07, 6.45) is -4.24. The molecule has 7 atom stereocenters. The van der Waals surface area contributed by atoms with Crippen molar-refractivity contribution in [3.63, 3.8) is 0 Å². The van der Waals surface area contributed by atoms with Gasteiger partial charge in [-0.15, -0.1) is 0 Å². The molecule has 0 amide bonds. The third kappa shape index (κ3) is 5.33. The van der Waals surface area contributed by atoms with E-state index >= 15 is 0 Å². The van der Waals surface area contributed by atoms with Crippen LogP contribution >= 0.6 is 0 Å². The fourth-order valence-electron chi connectivity index (χ4n) is 8.19. The molecule has 3 aliphatic heterocycles. The largest absolute Gasteiger partial charge is 0.457 e. The first-order valence-electron chi connectivity index (χ1n) is 16.0. The molecule has 1 saturated carbocycles. The number of benzene rings is 2. The Bertz CT molecular complexity index is 1470. The minimum absolute atomic E-state index is 0.00956. The number of ether oxygens (including phenoxy) is 7. The molecule has 2 aromatic carbocycles. The second-order valence-corrected chi connectivity index (χ2v) is 19.0. The molecular formula is C34H45N3O9Si. The van der Waals surface area contributed by atoms with Gasteiger partial charge in [0.25, 0.3) is 8.32 Å². The maximum Gasteiger partial charge on any atom is 0.336 e. The molecule has 3 heterocycles. The van der Waals surface area contributed by atoms with Crippen LogP contribution in [0, 0.1) is 5.92 Å². The average Bonchev–Trinajstić information content (AvgIpc) is 3.53. The molecule has 12 nitrogen and oxygen atoms in total. The van der Waals surface area contributed by atoms with E-state index in [0.29, 0.717) is 0 Å². The molecule has 2 aromatic rings. The van der Waals surface area contributed by atoms with Gasteiger partial charge in [-0.3, -0.25) is 0 Å². The van der Waals surface area contributed by atoms with Crippen molar-refractivity contribution in [3.8, 4) is 0 Å². The monoisotopic (exact) mass is 667 g/mol. The van der Waals surface area contributed by atoms with E-state index in [2.05, 4.69) is 55.1 Å². The highest BCUT2D eigenvalue weighted by Crippen LogP contribution is 2.59. The smallest absolute Gasteiger partial charge is 0.336 e. The summed E-state index contributed by atoms with van der Waals surface area (Å²) < 4.78 is 51.1. The Morgan fingerprint density at radius 1 is 0.936 bits per heavy atom. The van der Waals surface area contributed by atoms with Gasteiger partial charge >= 0.3 is 5.97 Å². The number of hydrogen-bond donors (Lipinski definition) is 0. The highest BCUT2D eigenvalue weighted by molar-refractivity contribution is 6.99. The molecule has 0 radical (unpaired) electrons. The van der Waals surface area contributed by atoms with Gasteiger partial charge in [0.05, 0.1) is 6.61 Å². The van der Waals surface area contributed by atoms with Gasteiger partial charge in [-0.2, -0.15) is 0 Å². The van der Waals surface area contributed by atoms with Crippen LogP contribution < -0.4 is 10.4 Å². The highest BCUT2D eigenvalue weighted by Gasteiger charge is 2.80. The molecule has 0 unspecified atom stereocenters. The lowest BCUT2D eigenvalue weighted by molar-refractivity contribution is -0.293. The van der Waals surface area contributed by atoms with Crippen molar-refractivity contribution in [1.29, 1.82) is 0 Å². The third-order valence-electron chi connectivity index (χ3n) is 9.90. The van der Waals surface area contributed by atoms with E-state index in [1.165, 1.54) is 7.11 Å². The molecule has 47 heavy (non-hydrogen) atoms. The molecule has 4 fully saturated rings. The first-order chi connectivity index (χ1) is 22.2. The Hall–Kier alpha value is -2.84. The third-order valence-corrected chi connectivity index (χ3v) is 14.9. The van der Waals surface area contributed by atoms with Gasteiger partial charge in [-0.25, -0.2) is 4.79 Å². The van der Waals surface area contributed by atoms with Gasteiger partial charge in [0, 0.05) is 24.5 Å². The Labute approximate surface area is 276 Å². The topological polar surface area (TPSA) is 140 Å². The van der Waals surface area contributed by atoms with Crippen LogP contribution in [-0.2, 0) is 42.4 Å². The maximum atomic E-state index is 14.0. The Kier molecular flexibility index (Phi) is 8.64. The first-order valence-corrected chi connectivity index (χ1v) is 17.9. The SMILES string of the molecule is COCO[C@@H]1C(=O)O[C@@H]2[C@H](CO[Si](c3ccccc3)(c3ccccc3)C(C)(C)C)[C@@]1(N=[N+]=[N-])[C@@H]1OC(C)(C)O[C@@H]1[C@]21COC(C)(C)O1. The summed E-state index contributed by atoms with van der Waals surface area (Å²) >= 11 is 0. The van der Waals surface area contributed by atoms with Crippen LogP contribution in [-0.4, -0.2) is 88.5 Å². The van der Waals surface area contributed by atoms with Gasteiger partial charge in [0.2, 0.25) is 0 Å². The second-order valence-electron chi connectivity index (χ2n) is 14.7. The predicted molar refractivity (Wildman–Crippen MR) is 173 cm³/mol. The Morgan fingerprint density at radius 3 is 2.04 bits per heavy atom. The number of azide groups is 1. The number of methoxy groups -OCH3 is 1. The average molecular weight is 668 g/mol. The normalized spacial score (nSPS) is 34.0. The summed E-state index contributed by atoms with van der Waals surface area (Å²) in [6.45, 7) is 13.5. The summed E-state index contributed by atoms with van der Waals surface area (Å²) in [5.74, 6) is -3.69. The molecule has 0 N–H and O–H groups in total. The molecule has 2 bridgehead atoms. The van der Waals surface area contributed by atoms with Crippen LogP contribution in [0.3, 0.4) is 0 Å². The quantitative estimate of drug-likeness (QED) is 0.0962. The molecule has 1 spiro atoms. The van der Waals surface area contributed by atoms with Crippen molar-refractivity contribution in [2.45, 2.75) is 101 Å². The number of carbonyl (C=O) groups excluding carboxylic acids is 1. The molecule has 0 aromatic heterocycles. The van der Waals surface area contributed by atoms with Gasteiger partial charge < -0.3 is 37.6 Å². The van der Waals surface area contributed by atoms with E-state index in [4.69, 9.17) is 37.6 Å². The van der Waals surface area contributed by atoms with Crippen LogP contribution in [0.2, 0.25) is 5.04 Å². The van der Waals surface area contributed by atoms with Crippen molar-refractivity contribution >= 4 is 24.7 Å². The van der Waals surface area contributed by atoms with Gasteiger partial charge in [0.1, 0.15) is 30.6 Å². The second kappa shape index (κ2) is 11.9. The predicted octanol–water partition coefficient (Wildman–Crippen LogP) is 4.20. The zero-order chi connectivity index (χ0) is 33.9. The Balaban J connectivity index is 1.57. The van der Waals surface area contributed by atoms with Crippen LogP contribution in [0.15, 0.2) is 65.8 Å². The maximum absolute atomic E-state index is 14.0. The van der Waals surface area contributed by atoms with Crippen LogP contribution in [0.5, 0.6) is 0 Å². The molecular weight excluding hydrogens is 622 g/mol. The number of rotatable bonds is 9. The molecule has 254 valence electrons. The lowest BCUT2D eigenvalue weighted by atomic mass is 9.58. The number of hydrogen-bond acceptors (Lipinski definition) is 10. The summed E-state index contributed by atoms with van der Waals surface area (Å²) in [4.78, 5) is 17.3. The van der Waals surface area contributed by atoms with Crippen LogP contribution in [0.25, 0.3) is 10.4 Å². The van der Waals surface area contributed by atoms with E-state index in [1.807, 2.05) is 36.4 Å². The van der Waals surface area contributed by atoms with E-state index < -0.39 is 67.3 Å². The highest BCUT2D eigenvalue weighted by atomic mass is 28.4. The number of esters is 1. The molecule has 13 heteroatoms. The van der Waals surface area contributed by atoms with E-state index in [0.717, 1.165) is 10.4 Å². The molecule has 3 saturated heterocycles. The van der Waals surface area contributed by atoms with Gasteiger partial charge in [0.15, 0.2) is 23.3 Å². The van der Waals surface area contributed by atoms with E-state index in [9.17, 15) is 10.3 Å². The van der Waals surface area contributed by atoms with Crippen molar-refractivity contribution in [1.82, 2.24) is 0 Å². The standard InChI is InChI=1S/C34H45N3O9Si/c1-30(2,3)47(22-15-11-9-12-16-22,23-17-13-10-14-18-23)42-19-24-25-33(20-41-31(4,5)46-33)26-27(45-32(6,7)44-26)34(24,36-37-35)28(29(38)43-25)40-21-39-8/h9-18,24-28H,19-21H2,1-8H3/t24-,25+,26-,27+,28+,33-,34+/m0/s1. The van der Waals surface area contributed by atoms with Crippen molar-refractivity contribution in [2.24, 2.45) is 11.0 Å². The number of fused-ring (bicyclic) bond motifs is 6. The fraction of sp³-hybridized carbons (Fsp3) is 0.618. The van der Waals surface area contributed by atoms with Crippen molar-refractivity contribution < 1.29 is 42.4 Å². The molecule has 1 aliphatic carbocycles. The first kappa shape index (κ1) is 34.0. The summed E-state index contributed by atoms with van der Waals surface area (Å²) in [5, 5.41) is 6.21. The Morgan fingerprint density at radius 2 is 1.53 bits per heavy atom. The van der Waals surface area contributed by atoms with Crippen molar-refractivity contribution in [3.05, 3.63) is 71.1 Å². The zero-order valence-corrected chi connectivity index (χ0v) is 29.3. The summed E-state index contributed by atoms with van der Waals surface area (Å²) in [7, 11) is -1.68. The zero-order valence-electron chi connectivity index (χ0n) is 28.3. The fourth-order valence-corrected chi connectivity index (χ4v) is 12.8. The van der Waals surface area contributed by atoms with Gasteiger partial charge in [-0.05, 0) is 48.6 Å². The van der Waals surface area contributed by atoms with Crippen LogP contribution in [0.4, 0.5) is 0 Å². The van der Waals surface area contributed by atoms with Gasteiger partial charge in [-0.1, -0.05) is 86.5 Å². The summed E-state index contributed by atoms with van der Waals surface area (Å²) in [5.41, 5.74) is 7.23. The molecule has 4 aliphatic rings. The van der Waals surface area contributed by atoms with Crippen molar-refractivity contribution in [2.75, 3.05) is 27.1 Å². The minimum atomic E-state index is -3.13.